The Morgan fingerprint density at radius 1 is 1.15 bits per heavy atom. The lowest BCUT2D eigenvalue weighted by Gasteiger charge is -2.32. The molecular formula is C19H20ClF2N3O. The molecule has 26 heavy (non-hydrogen) atoms. The summed E-state index contributed by atoms with van der Waals surface area (Å²) in [4.78, 5) is 16.9. The monoisotopic (exact) mass is 379 g/mol. The van der Waals surface area contributed by atoms with Crippen molar-refractivity contribution in [3.63, 3.8) is 0 Å². The lowest BCUT2D eigenvalue weighted by atomic mass is 10.1. The van der Waals surface area contributed by atoms with Gasteiger partial charge in [-0.2, -0.15) is 0 Å². The molecule has 0 unspecified atom stereocenters. The number of hydrazine groups is 1. The summed E-state index contributed by atoms with van der Waals surface area (Å²) in [7, 11) is 0. The van der Waals surface area contributed by atoms with Gasteiger partial charge in [0, 0.05) is 31.4 Å². The number of carbonyl (C=O) groups excluding carboxylic acids is 1. The lowest BCUT2D eigenvalue weighted by Crippen LogP contribution is -2.45. The summed E-state index contributed by atoms with van der Waals surface area (Å²) in [5.74, 6) is -1.35. The summed E-state index contributed by atoms with van der Waals surface area (Å²) in [6, 6.07) is 7.14. The van der Waals surface area contributed by atoms with Crippen molar-refractivity contribution in [3.8, 4) is 0 Å². The van der Waals surface area contributed by atoms with E-state index < -0.39 is 11.6 Å². The maximum absolute atomic E-state index is 13.8. The number of carbonyl (C=O) groups is 1. The Bertz CT molecular complexity index is 761. The van der Waals surface area contributed by atoms with Gasteiger partial charge in [-0.05, 0) is 49.9 Å². The molecule has 3 rings (SSSR count). The molecule has 1 amide bonds. The molecule has 7 heteroatoms. The molecule has 1 aliphatic heterocycles. The van der Waals surface area contributed by atoms with Crippen molar-refractivity contribution < 1.29 is 13.6 Å². The van der Waals surface area contributed by atoms with E-state index in [1.54, 1.807) is 17.1 Å². The molecule has 1 aromatic carbocycles. The molecule has 1 fully saturated rings. The fourth-order valence-corrected chi connectivity index (χ4v) is 3.37. The van der Waals surface area contributed by atoms with E-state index in [0.717, 1.165) is 25.9 Å². The molecule has 0 saturated carbocycles. The maximum Gasteiger partial charge on any atom is 0.271 e. The predicted octanol–water partition coefficient (Wildman–Crippen LogP) is 4.10. The molecule has 0 aliphatic carbocycles. The Balaban J connectivity index is 1.73. The summed E-state index contributed by atoms with van der Waals surface area (Å²) in [6.45, 7) is 1.91. The molecule has 4 nitrogen and oxygen atoms in total. The van der Waals surface area contributed by atoms with Crippen LogP contribution in [0.2, 0.25) is 5.15 Å². The predicted molar refractivity (Wildman–Crippen MR) is 95.8 cm³/mol. The van der Waals surface area contributed by atoms with E-state index in [4.69, 9.17) is 11.6 Å². The molecule has 1 aromatic heterocycles. The van der Waals surface area contributed by atoms with Crippen molar-refractivity contribution in [2.75, 3.05) is 19.6 Å². The van der Waals surface area contributed by atoms with Gasteiger partial charge in [0.2, 0.25) is 0 Å². The number of nitrogens with zero attached hydrogens (tertiary/aromatic N) is 3. The molecule has 0 bridgehead atoms. The van der Waals surface area contributed by atoms with Crippen molar-refractivity contribution in [3.05, 3.63) is 64.4 Å². The van der Waals surface area contributed by atoms with Crippen molar-refractivity contribution in [2.45, 2.75) is 25.7 Å². The highest BCUT2D eigenvalue weighted by Gasteiger charge is 2.26. The van der Waals surface area contributed by atoms with Crippen LogP contribution >= 0.6 is 11.6 Å². The molecule has 138 valence electrons. The third-order valence-electron chi connectivity index (χ3n) is 4.51. The zero-order valence-corrected chi connectivity index (χ0v) is 15.1. The molecule has 1 saturated heterocycles. The van der Waals surface area contributed by atoms with Crippen LogP contribution in [0.4, 0.5) is 8.78 Å². The van der Waals surface area contributed by atoms with E-state index in [1.165, 1.54) is 24.4 Å². The normalized spacial score (nSPS) is 14.6. The van der Waals surface area contributed by atoms with Gasteiger partial charge in [-0.3, -0.25) is 9.80 Å². The van der Waals surface area contributed by atoms with Crippen LogP contribution in [0.15, 0.2) is 36.5 Å². The van der Waals surface area contributed by atoms with Gasteiger partial charge in [0.1, 0.15) is 16.8 Å². The van der Waals surface area contributed by atoms with E-state index in [2.05, 4.69) is 4.98 Å². The summed E-state index contributed by atoms with van der Waals surface area (Å²) >= 11 is 6.07. The van der Waals surface area contributed by atoms with E-state index >= 15 is 0 Å². The number of benzene rings is 1. The van der Waals surface area contributed by atoms with E-state index in [1.807, 2.05) is 5.01 Å². The minimum Gasteiger partial charge on any atom is -0.271 e. The van der Waals surface area contributed by atoms with Crippen LogP contribution in [-0.2, 0) is 6.42 Å². The SMILES string of the molecule is O=C(c1cccnc1Cl)N(CCCc1c(F)cccc1F)N1CCCC1. The molecule has 2 aromatic rings. The molecule has 0 atom stereocenters. The summed E-state index contributed by atoms with van der Waals surface area (Å²) in [5.41, 5.74) is 0.388. The van der Waals surface area contributed by atoms with Crippen LogP contribution in [0.1, 0.15) is 35.2 Å². The van der Waals surface area contributed by atoms with E-state index in [9.17, 15) is 13.6 Å². The molecule has 1 aliphatic rings. The third kappa shape index (κ3) is 4.19. The first-order valence-electron chi connectivity index (χ1n) is 8.68. The lowest BCUT2D eigenvalue weighted by molar-refractivity contribution is 0.00357. The molecule has 0 spiro atoms. The average molecular weight is 380 g/mol. The number of amides is 1. The van der Waals surface area contributed by atoms with E-state index in [0.29, 0.717) is 18.5 Å². The second-order valence-electron chi connectivity index (χ2n) is 6.23. The van der Waals surface area contributed by atoms with Crippen LogP contribution in [0.5, 0.6) is 0 Å². The molecule has 2 heterocycles. The van der Waals surface area contributed by atoms with Gasteiger partial charge in [-0.15, -0.1) is 0 Å². The van der Waals surface area contributed by atoms with Crippen LogP contribution in [0.25, 0.3) is 0 Å². The van der Waals surface area contributed by atoms with Gasteiger partial charge < -0.3 is 0 Å². The zero-order valence-electron chi connectivity index (χ0n) is 14.3. The summed E-state index contributed by atoms with van der Waals surface area (Å²) in [5, 5.41) is 3.76. The largest absolute Gasteiger partial charge is 0.271 e. The van der Waals surface area contributed by atoms with Gasteiger partial charge in [-0.1, -0.05) is 17.7 Å². The Morgan fingerprint density at radius 2 is 1.85 bits per heavy atom. The van der Waals surface area contributed by atoms with Crippen LogP contribution in [0, 0.1) is 11.6 Å². The van der Waals surface area contributed by atoms with Gasteiger partial charge in [0.05, 0.1) is 5.56 Å². The fraction of sp³-hybridized carbons (Fsp3) is 0.368. The number of rotatable bonds is 6. The van der Waals surface area contributed by atoms with Gasteiger partial charge in [-0.25, -0.2) is 18.8 Å². The van der Waals surface area contributed by atoms with Crippen molar-refractivity contribution in [1.82, 2.24) is 15.0 Å². The zero-order chi connectivity index (χ0) is 18.5. The first kappa shape index (κ1) is 18.7. The van der Waals surface area contributed by atoms with E-state index in [-0.39, 0.29) is 23.0 Å². The van der Waals surface area contributed by atoms with Crippen molar-refractivity contribution in [2.24, 2.45) is 0 Å². The van der Waals surface area contributed by atoms with Crippen LogP contribution < -0.4 is 0 Å². The summed E-state index contributed by atoms with van der Waals surface area (Å²) < 4.78 is 27.6. The summed E-state index contributed by atoms with van der Waals surface area (Å²) in [6.07, 6.45) is 4.20. The van der Waals surface area contributed by atoms with Crippen molar-refractivity contribution >= 4 is 17.5 Å². The average Bonchev–Trinajstić information content (AvgIpc) is 3.15. The third-order valence-corrected chi connectivity index (χ3v) is 4.81. The second kappa shape index (κ2) is 8.56. The van der Waals surface area contributed by atoms with Crippen LogP contribution in [-0.4, -0.2) is 40.5 Å². The topological polar surface area (TPSA) is 36.4 Å². The first-order chi connectivity index (χ1) is 12.6. The van der Waals surface area contributed by atoms with Gasteiger partial charge >= 0.3 is 0 Å². The molecule has 0 N–H and O–H groups in total. The molecule has 0 radical (unpaired) electrons. The van der Waals surface area contributed by atoms with Crippen LogP contribution in [0.3, 0.4) is 0 Å². The Morgan fingerprint density at radius 3 is 2.50 bits per heavy atom. The minimum absolute atomic E-state index is 0.0562. The highest BCUT2D eigenvalue weighted by Crippen LogP contribution is 2.20. The Kier molecular flexibility index (Phi) is 6.16. The smallest absolute Gasteiger partial charge is 0.271 e. The first-order valence-corrected chi connectivity index (χ1v) is 9.06. The maximum atomic E-state index is 13.8. The highest BCUT2D eigenvalue weighted by molar-refractivity contribution is 6.32. The minimum atomic E-state index is -0.556. The Hall–Kier alpha value is -2.05. The Labute approximate surface area is 156 Å². The number of aromatic nitrogens is 1. The quantitative estimate of drug-likeness (QED) is 0.709. The number of pyridine rings is 1. The van der Waals surface area contributed by atoms with Gasteiger partial charge in [0.15, 0.2) is 0 Å². The fourth-order valence-electron chi connectivity index (χ4n) is 3.17. The van der Waals surface area contributed by atoms with Crippen molar-refractivity contribution in [1.29, 1.82) is 0 Å². The molecular weight excluding hydrogens is 360 g/mol. The van der Waals surface area contributed by atoms with Gasteiger partial charge in [0.25, 0.3) is 5.91 Å². The standard InChI is InChI=1S/C19H20ClF2N3O/c20-18-15(6-4-10-23-18)19(26)25(24-11-1-2-12-24)13-5-7-14-16(21)8-3-9-17(14)22/h3-4,6,8-10H,1-2,5,7,11-13H2. The second-order valence-corrected chi connectivity index (χ2v) is 6.59. The number of hydrogen-bond donors (Lipinski definition) is 0. The highest BCUT2D eigenvalue weighted by atomic mass is 35.5. The number of halogens is 3. The number of hydrogen-bond acceptors (Lipinski definition) is 3.